The van der Waals surface area contributed by atoms with Crippen molar-refractivity contribution in [3.63, 3.8) is 0 Å². The highest BCUT2D eigenvalue weighted by atomic mass is 16.5. The van der Waals surface area contributed by atoms with Crippen LogP contribution in [0.3, 0.4) is 0 Å². The Bertz CT molecular complexity index is 712. The number of fused-ring (bicyclic) bond motifs is 5. The molecule has 4 fully saturated rings. The SMILES string of the molecule is CC1CCC2(COC(C)C)C(CCC3C4CCC(C(=O)CN(N)/N=C\N)C4(C)CCC32)C1. The number of hydrogen-bond acceptors (Lipinski definition) is 5. The second kappa shape index (κ2) is 9.25. The first-order valence-electron chi connectivity index (χ1n) is 13.1. The van der Waals surface area contributed by atoms with Crippen LogP contribution in [0.25, 0.3) is 0 Å². The number of hydrazone groups is 1. The van der Waals surface area contributed by atoms with E-state index in [1.807, 2.05) is 0 Å². The molecule has 0 amide bonds. The lowest BCUT2D eigenvalue weighted by Crippen LogP contribution is -2.57. The first-order chi connectivity index (χ1) is 15.2. The lowest BCUT2D eigenvalue weighted by atomic mass is 9.44. The van der Waals surface area contributed by atoms with Crippen LogP contribution in [0.1, 0.15) is 85.5 Å². The molecule has 0 spiro atoms. The number of hydrogen-bond donors (Lipinski definition) is 2. The molecule has 0 aliphatic heterocycles. The zero-order valence-corrected chi connectivity index (χ0v) is 20.8. The van der Waals surface area contributed by atoms with E-state index >= 15 is 0 Å². The molecule has 0 bridgehead atoms. The van der Waals surface area contributed by atoms with Crippen molar-refractivity contribution in [1.29, 1.82) is 0 Å². The maximum absolute atomic E-state index is 13.2. The van der Waals surface area contributed by atoms with Crippen LogP contribution >= 0.6 is 0 Å². The molecule has 4 aliphatic carbocycles. The van der Waals surface area contributed by atoms with Gasteiger partial charge < -0.3 is 10.5 Å². The van der Waals surface area contributed by atoms with E-state index in [1.54, 1.807) is 0 Å². The Labute approximate surface area is 194 Å². The molecule has 0 heterocycles. The van der Waals surface area contributed by atoms with E-state index in [4.69, 9.17) is 16.3 Å². The molecule has 182 valence electrons. The Hall–Kier alpha value is -1.14. The largest absolute Gasteiger partial charge is 0.388 e. The van der Waals surface area contributed by atoms with E-state index in [9.17, 15) is 4.79 Å². The number of hydrazine groups is 1. The summed E-state index contributed by atoms with van der Waals surface area (Å²) in [5.41, 5.74) is 5.80. The molecule has 0 aromatic rings. The lowest BCUT2D eigenvalue weighted by Gasteiger charge is -2.62. The van der Waals surface area contributed by atoms with Gasteiger partial charge in [-0.25, -0.2) is 11.0 Å². The van der Waals surface area contributed by atoms with E-state index in [1.165, 1.54) is 50.1 Å². The summed E-state index contributed by atoms with van der Waals surface area (Å²) < 4.78 is 6.39. The van der Waals surface area contributed by atoms with Gasteiger partial charge in [0.1, 0.15) is 12.9 Å². The Morgan fingerprint density at radius 2 is 1.94 bits per heavy atom. The molecular weight excluding hydrogens is 400 g/mol. The summed E-state index contributed by atoms with van der Waals surface area (Å²) >= 11 is 0. The average Bonchev–Trinajstić information content (AvgIpc) is 3.09. The van der Waals surface area contributed by atoms with Crippen molar-refractivity contribution in [2.24, 2.45) is 63.0 Å². The van der Waals surface area contributed by atoms with Gasteiger partial charge in [-0.15, -0.1) is 0 Å². The van der Waals surface area contributed by atoms with Crippen LogP contribution in [0.4, 0.5) is 0 Å². The smallest absolute Gasteiger partial charge is 0.159 e. The first kappa shape index (κ1) is 24.0. The van der Waals surface area contributed by atoms with Gasteiger partial charge in [0.05, 0.1) is 12.7 Å². The van der Waals surface area contributed by atoms with Gasteiger partial charge >= 0.3 is 0 Å². The number of nitrogens with two attached hydrogens (primary N) is 2. The first-order valence-corrected chi connectivity index (χ1v) is 13.1. The lowest BCUT2D eigenvalue weighted by molar-refractivity contribution is -0.163. The minimum Gasteiger partial charge on any atom is -0.388 e. The fourth-order valence-electron chi connectivity index (χ4n) is 8.79. The molecule has 0 aromatic heterocycles. The standard InChI is InChI=1S/C26H46N4O2/c1-17(2)32-15-26-12-9-18(3)13-19(26)5-6-20-21-7-8-23(24(31)14-30(28)29-16-27)25(21,4)11-10-22(20)26/h16-23H,5-15,28H2,1-4H3,(H2,27,29). The van der Waals surface area contributed by atoms with Gasteiger partial charge in [-0.2, -0.15) is 5.10 Å². The number of ether oxygens (including phenoxy) is 1. The third kappa shape index (κ3) is 4.11. The summed E-state index contributed by atoms with van der Waals surface area (Å²) in [4.78, 5) is 13.2. The number of rotatable bonds is 7. The van der Waals surface area contributed by atoms with Crippen LogP contribution < -0.4 is 11.6 Å². The summed E-state index contributed by atoms with van der Waals surface area (Å²) in [5, 5.41) is 5.04. The van der Waals surface area contributed by atoms with E-state index < -0.39 is 0 Å². The van der Waals surface area contributed by atoms with Gasteiger partial charge in [0.25, 0.3) is 0 Å². The molecule has 32 heavy (non-hydrogen) atoms. The molecule has 0 aromatic carbocycles. The molecule has 4 rings (SSSR count). The predicted molar refractivity (Wildman–Crippen MR) is 128 cm³/mol. The van der Waals surface area contributed by atoms with Gasteiger partial charge in [-0.05, 0) is 106 Å². The quantitative estimate of drug-likeness (QED) is 0.263. The van der Waals surface area contributed by atoms with Crippen LogP contribution in [0, 0.1) is 46.3 Å². The highest BCUT2D eigenvalue weighted by Crippen LogP contribution is 2.68. The molecular formula is C26H46N4O2. The van der Waals surface area contributed by atoms with Crippen LogP contribution in [-0.2, 0) is 9.53 Å². The second-order valence-electron chi connectivity index (χ2n) is 12.1. The van der Waals surface area contributed by atoms with E-state index in [-0.39, 0.29) is 23.7 Å². The Balaban J connectivity index is 1.55. The Morgan fingerprint density at radius 1 is 1.16 bits per heavy atom. The van der Waals surface area contributed by atoms with Gasteiger partial charge in [0.15, 0.2) is 5.78 Å². The number of Topliss-reactive ketones (excluding diaryl/α,β-unsaturated/α-hetero) is 1. The highest BCUT2D eigenvalue weighted by Gasteiger charge is 2.62. The maximum atomic E-state index is 13.2. The Morgan fingerprint density at radius 3 is 2.66 bits per heavy atom. The minimum absolute atomic E-state index is 0.0967. The summed E-state index contributed by atoms with van der Waals surface area (Å²) in [6.45, 7) is 10.3. The van der Waals surface area contributed by atoms with E-state index in [0.717, 1.165) is 49.5 Å². The van der Waals surface area contributed by atoms with Crippen molar-refractivity contribution in [3.05, 3.63) is 0 Å². The molecule has 4 aliphatic rings. The van der Waals surface area contributed by atoms with Crippen molar-refractivity contribution in [3.8, 4) is 0 Å². The summed E-state index contributed by atoms with van der Waals surface area (Å²) in [7, 11) is 0. The molecule has 0 radical (unpaired) electrons. The third-order valence-corrected chi connectivity index (χ3v) is 10.2. The molecule has 8 unspecified atom stereocenters. The highest BCUT2D eigenvalue weighted by molar-refractivity contribution is 5.84. The normalized spacial score (nSPS) is 43.7. The zero-order chi connectivity index (χ0) is 23.1. The molecule has 8 atom stereocenters. The molecule has 6 heteroatoms. The van der Waals surface area contributed by atoms with Crippen LogP contribution in [0.5, 0.6) is 0 Å². The van der Waals surface area contributed by atoms with Crippen LogP contribution in [-0.4, -0.2) is 36.5 Å². The maximum Gasteiger partial charge on any atom is 0.159 e. The van der Waals surface area contributed by atoms with E-state index in [2.05, 4.69) is 32.8 Å². The number of carbonyl (C=O) groups is 1. The number of carbonyl (C=O) groups excluding carboxylic acids is 1. The Kier molecular flexibility index (Phi) is 6.94. The third-order valence-electron chi connectivity index (χ3n) is 10.2. The second-order valence-corrected chi connectivity index (χ2v) is 12.1. The fourth-order valence-corrected chi connectivity index (χ4v) is 8.79. The number of nitrogens with zero attached hydrogens (tertiary/aromatic N) is 2. The van der Waals surface area contributed by atoms with Crippen molar-refractivity contribution >= 4 is 12.1 Å². The predicted octanol–water partition coefficient (Wildman–Crippen LogP) is 4.33. The van der Waals surface area contributed by atoms with Crippen molar-refractivity contribution < 1.29 is 9.53 Å². The topological polar surface area (TPSA) is 93.9 Å². The molecule has 0 saturated heterocycles. The zero-order valence-electron chi connectivity index (χ0n) is 20.8. The van der Waals surface area contributed by atoms with Crippen LogP contribution in [0.15, 0.2) is 5.10 Å². The fraction of sp³-hybridized carbons (Fsp3) is 0.923. The van der Waals surface area contributed by atoms with Gasteiger partial charge in [-0.1, -0.05) is 20.3 Å². The average molecular weight is 447 g/mol. The summed E-state index contributed by atoms with van der Waals surface area (Å²) in [5.74, 6) is 9.99. The monoisotopic (exact) mass is 446 g/mol. The van der Waals surface area contributed by atoms with E-state index in [0.29, 0.717) is 17.4 Å². The van der Waals surface area contributed by atoms with Gasteiger partial charge in [0, 0.05) is 5.92 Å². The van der Waals surface area contributed by atoms with Crippen LogP contribution in [0.2, 0.25) is 0 Å². The van der Waals surface area contributed by atoms with Crippen molar-refractivity contribution in [2.45, 2.75) is 91.6 Å². The van der Waals surface area contributed by atoms with Gasteiger partial charge in [0.2, 0.25) is 0 Å². The van der Waals surface area contributed by atoms with Gasteiger partial charge in [-0.3, -0.25) is 4.79 Å². The summed E-state index contributed by atoms with van der Waals surface area (Å²) in [6, 6.07) is 0. The minimum atomic E-state index is 0.0967. The molecule has 6 nitrogen and oxygen atoms in total. The molecule has 4 saturated carbocycles. The molecule has 4 N–H and O–H groups in total. The number of ketones is 1. The summed E-state index contributed by atoms with van der Waals surface area (Å²) in [6.07, 6.45) is 12.8. The van der Waals surface area contributed by atoms with Crippen molar-refractivity contribution in [2.75, 3.05) is 13.2 Å². The van der Waals surface area contributed by atoms with Crippen molar-refractivity contribution in [1.82, 2.24) is 5.12 Å².